The van der Waals surface area contributed by atoms with Crippen molar-refractivity contribution in [3.63, 3.8) is 0 Å². The number of carbonyl (C=O) groups is 1. The summed E-state index contributed by atoms with van der Waals surface area (Å²) >= 11 is 0. The highest BCUT2D eigenvalue weighted by molar-refractivity contribution is 6.02. The fourth-order valence-electron chi connectivity index (χ4n) is 2.07. The van der Waals surface area contributed by atoms with Crippen LogP contribution >= 0.6 is 0 Å². The first-order valence-electron chi connectivity index (χ1n) is 5.50. The molecule has 0 radical (unpaired) electrons. The van der Waals surface area contributed by atoms with Crippen LogP contribution in [0.5, 0.6) is 0 Å². The summed E-state index contributed by atoms with van der Waals surface area (Å²) in [4.78, 5) is 15.0. The van der Waals surface area contributed by atoms with Crippen LogP contribution in [0.2, 0.25) is 0 Å². The predicted molar refractivity (Wildman–Crippen MR) is 68.3 cm³/mol. The summed E-state index contributed by atoms with van der Waals surface area (Å²) < 4.78 is 0. The van der Waals surface area contributed by atoms with E-state index in [1.807, 2.05) is 6.92 Å². The first-order chi connectivity index (χ1) is 8.06. The average Bonchev–Trinajstić information content (AvgIpc) is 2.60. The molecule has 17 heavy (non-hydrogen) atoms. The van der Waals surface area contributed by atoms with Crippen LogP contribution in [0.15, 0.2) is 29.3 Å². The van der Waals surface area contributed by atoms with Crippen LogP contribution in [0.1, 0.15) is 23.1 Å². The van der Waals surface area contributed by atoms with Gasteiger partial charge in [-0.15, -0.1) is 0 Å². The van der Waals surface area contributed by atoms with Gasteiger partial charge in [0, 0.05) is 6.08 Å². The van der Waals surface area contributed by atoms with Crippen molar-refractivity contribution in [1.82, 2.24) is 0 Å². The lowest BCUT2D eigenvalue weighted by Gasteiger charge is -2.01. The molecular formula is C13H15N3O. The molecule has 1 amide bonds. The quantitative estimate of drug-likeness (QED) is 0.430. The second-order valence-corrected chi connectivity index (χ2v) is 4.21. The second kappa shape index (κ2) is 4.41. The van der Waals surface area contributed by atoms with Crippen molar-refractivity contribution in [3.05, 3.63) is 41.0 Å². The lowest BCUT2D eigenvalue weighted by atomic mass is 10.0. The molecule has 0 spiro atoms. The SMILES string of the molecule is Cc1ccc2c(c1)/C(=C/C(=O)N=C(N)N)CC2. The van der Waals surface area contributed by atoms with E-state index in [1.54, 1.807) is 0 Å². The predicted octanol–water partition coefficient (Wildman–Crippen LogP) is 1.12. The van der Waals surface area contributed by atoms with Crippen molar-refractivity contribution in [1.29, 1.82) is 0 Å². The normalized spacial score (nSPS) is 15.7. The number of aryl methyl sites for hydroxylation is 2. The molecule has 0 aliphatic heterocycles. The molecular weight excluding hydrogens is 214 g/mol. The van der Waals surface area contributed by atoms with Crippen LogP contribution in [0.3, 0.4) is 0 Å². The molecule has 0 saturated heterocycles. The van der Waals surface area contributed by atoms with E-state index in [9.17, 15) is 4.79 Å². The molecule has 0 heterocycles. The van der Waals surface area contributed by atoms with Gasteiger partial charge in [-0.1, -0.05) is 23.8 Å². The third-order valence-electron chi connectivity index (χ3n) is 2.81. The summed E-state index contributed by atoms with van der Waals surface area (Å²) in [6.07, 6.45) is 3.35. The molecule has 0 fully saturated rings. The molecule has 0 unspecified atom stereocenters. The van der Waals surface area contributed by atoms with E-state index in [4.69, 9.17) is 11.5 Å². The molecule has 4 nitrogen and oxygen atoms in total. The number of nitrogens with two attached hydrogens (primary N) is 2. The Hall–Kier alpha value is -2.10. The van der Waals surface area contributed by atoms with Crippen LogP contribution in [0.25, 0.3) is 5.57 Å². The van der Waals surface area contributed by atoms with Crippen LogP contribution in [0, 0.1) is 6.92 Å². The maximum atomic E-state index is 11.5. The largest absolute Gasteiger partial charge is 0.370 e. The van der Waals surface area contributed by atoms with Gasteiger partial charge >= 0.3 is 0 Å². The highest BCUT2D eigenvalue weighted by atomic mass is 16.1. The molecule has 1 aromatic rings. The summed E-state index contributed by atoms with van der Waals surface area (Å²) in [5, 5.41) is 0. The highest BCUT2D eigenvalue weighted by Gasteiger charge is 2.16. The number of nitrogens with zero attached hydrogens (tertiary/aromatic N) is 1. The zero-order valence-electron chi connectivity index (χ0n) is 9.73. The minimum Gasteiger partial charge on any atom is -0.370 e. The van der Waals surface area contributed by atoms with Crippen molar-refractivity contribution >= 4 is 17.4 Å². The van der Waals surface area contributed by atoms with Crippen molar-refractivity contribution in [2.45, 2.75) is 19.8 Å². The van der Waals surface area contributed by atoms with Crippen LogP contribution in [-0.4, -0.2) is 11.9 Å². The molecule has 0 atom stereocenters. The van der Waals surface area contributed by atoms with Gasteiger partial charge in [-0.3, -0.25) is 4.79 Å². The Morgan fingerprint density at radius 2 is 2.12 bits per heavy atom. The lowest BCUT2D eigenvalue weighted by molar-refractivity contribution is -0.113. The summed E-state index contributed by atoms with van der Waals surface area (Å²) in [7, 11) is 0. The highest BCUT2D eigenvalue weighted by Crippen LogP contribution is 2.32. The van der Waals surface area contributed by atoms with Crippen molar-refractivity contribution in [2.75, 3.05) is 0 Å². The monoisotopic (exact) mass is 229 g/mol. The molecule has 1 aliphatic rings. The van der Waals surface area contributed by atoms with E-state index in [2.05, 4.69) is 23.2 Å². The first kappa shape index (κ1) is 11.4. The number of fused-ring (bicyclic) bond motifs is 1. The van der Waals surface area contributed by atoms with Gasteiger partial charge in [0.15, 0.2) is 5.96 Å². The molecule has 2 rings (SSSR count). The zero-order valence-corrected chi connectivity index (χ0v) is 9.73. The maximum Gasteiger partial charge on any atom is 0.273 e. The van der Waals surface area contributed by atoms with Crippen molar-refractivity contribution in [3.8, 4) is 0 Å². The number of amides is 1. The Morgan fingerprint density at radius 1 is 1.35 bits per heavy atom. The van der Waals surface area contributed by atoms with Crippen molar-refractivity contribution in [2.24, 2.45) is 16.5 Å². The number of hydrogen-bond acceptors (Lipinski definition) is 1. The van der Waals surface area contributed by atoms with E-state index in [1.165, 1.54) is 17.2 Å². The Morgan fingerprint density at radius 3 is 2.82 bits per heavy atom. The Balaban J connectivity index is 2.33. The molecule has 4 N–H and O–H groups in total. The van der Waals surface area contributed by atoms with Gasteiger partial charge in [0.2, 0.25) is 0 Å². The first-order valence-corrected chi connectivity index (χ1v) is 5.50. The number of hydrogen-bond donors (Lipinski definition) is 2. The zero-order chi connectivity index (χ0) is 12.4. The standard InChI is InChI=1S/C13H15N3O/c1-8-2-3-9-4-5-10(11(9)6-8)7-12(17)16-13(14)15/h2-3,6-7H,4-5H2,1H3,(H4,14,15,16,17)/b10-7+. The third-order valence-corrected chi connectivity index (χ3v) is 2.81. The number of aliphatic imine (C=N–C) groups is 1. The molecule has 0 aromatic heterocycles. The van der Waals surface area contributed by atoms with Crippen LogP contribution in [0.4, 0.5) is 0 Å². The average molecular weight is 229 g/mol. The number of carbonyl (C=O) groups excluding carboxylic acids is 1. The molecule has 1 aromatic carbocycles. The van der Waals surface area contributed by atoms with E-state index in [0.717, 1.165) is 24.0 Å². The topological polar surface area (TPSA) is 81.5 Å². The minimum absolute atomic E-state index is 0.200. The Kier molecular flexibility index (Phi) is 2.95. The van der Waals surface area contributed by atoms with Gasteiger partial charge in [0.1, 0.15) is 0 Å². The fourth-order valence-corrected chi connectivity index (χ4v) is 2.07. The van der Waals surface area contributed by atoms with E-state index >= 15 is 0 Å². The Bertz CT molecular complexity index is 525. The van der Waals surface area contributed by atoms with E-state index < -0.39 is 5.91 Å². The van der Waals surface area contributed by atoms with Crippen molar-refractivity contribution < 1.29 is 4.79 Å². The number of benzene rings is 1. The summed E-state index contributed by atoms with van der Waals surface area (Å²) in [5.41, 5.74) is 14.9. The summed E-state index contributed by atoms with van der Waals surface area (Å²) in [6, 6.07) is 6.28. The second-order valence-electron chi connectivity index (χ2n) is 4.21. The molecule has 1 aliphatic carbocycles. The fraction of sp³-hybridized carbons (Fsp3) is 0.231. The van der Waals surface area contributed by atoms with Gasteiger partial charge in [-0.2, -0.15) is 4.99 Å². The van der Waals surface area contributed by atoms with E-state index in [0.29, 0.717) is 0 Å². The van der Waals surface area contributed by atoms with Crippen LogP contribution < -0.4 is 11.5 Å². The summed E-state index contributed by atoms with van der Waals surface area (Å²) in [5.74, 6) is -0.594. The number of rotatable bonds is 1. The van der Waals surface area contributed by atoms with Gasteiger partial charge in [-0.05, 0) is 36.5 Å². The minimum atomic E-state index is -0.394. The smallest absolute Gasteiger partial charge is 0.273 e. The molecule has 0 bridgehead atoms. The molecule has 0 saturated carbocycles. The maximum absolute atomic E-state index is 11.5. The molecule has 88 valence electrons. The van der Waals surface area contributed by atoms with Gasteiger partial charge in [0.05, 0.1) is 0 Å². The summed E-state index contributed by atoms with van der Waals surface area (Å²) in [6.45, 7) is 2.04. The van der Waals surface area contributed by atoms with E-state index in [-0.39, 0.29) is 5.96 Å². The van der Waals surface area contributed by atoms with Gasteiger partial charge < -0.3 is 11.5 Å². The number of guanidine groups is 1. The van der Waals surface area contributed by atoms with Gasteiger partial charge in [-0.25, -0.2) is 0 Å². The van der Waals surface area contributed by atoms with Crippen LogP contribution in [-0.2, 0) is 11.2 Å². The molecule has 4 heteroatoms. The number of allylic oxidation sites excluding steroid dienone is 1. The third kappa shape index (κ3) is 2.53. The van der Waals surface area contributed by atoms with Gasteiger partial charge in [0.25, 0.3) is 5.91 Å². The Labute approximate surface area is 100 Å². The lowest BCUT2D eigenvalue weighted by Crippen LogP contribution is -2.23.